The first-order chi connectivity index (χ1) is 8.74. The van der Waals surface area contributed by atoms with Crippen LogP contribution in [0, 0.1) is 0 Å². The molecule has 0 spiro atoms. The van der Waals surface area contributed by atoms with Crippen molar-refractivity contribution < 1.29 is 9.90 Å². The van der Waals surface area contributed by atoms with Gasteiger partial charge in [-0.05, 0) is 39.2 Å². The number of carbonyl (C=O) groups excluding carboxylic acids is 1. The van der Waals surface area contributed by atoms with Gasteiger partial charge >= 0.3 is 0 Å². The SMILES string of the molecule is CC(C(=O)N1CCCC1)N1CCCCCC1CO. The fourth-order valence-corrected chi connectivity index (χ4v) is 3.25. The molecule has 0 aromatic heterocycles. The minimum atomic E-state index is -0.0710. The van der Waals surface area contributed by atoms with E-state index in [-0.39, 0.29) is 24.6 Å². The van der Waals surface area contributed by atoms with E-state index in [2.05, 4.69) is 4.90 Å². The molecule has 2 aliphatic rings. The molecule has 1 N–H and O–H groups in total. The van der Waals surface area contributed by atoms with Crippen LogP contribution < -0.4 is 0 Å². The van der Waals surface area contributed by atoms with E-state index in [1.807, 2.05) is 11.8 Å². The molecule has 2 aliphatic heterocycles. The second-order valence-electron chi connectivity index (χ2n) is 5.63. The number of aliphatic hydroxyl groups is 1. The molecule has 4 nitrogen and oxygen atoms in total. The highest BCUT2D eigenvalue weighted by Gasteiger charge is 2.32. The van der Waals surface area contributed by atoms with Gasteiger partial charge in [-0.15, -0.1) is 0 Å². The Morgan fingerprint density at radius 2 is 1.83 bits per heavy atom. The summed E-state index contributed by atoms with van der Waals surface area (Å²) < 4.78 is 0. The van der Waals surface area contributed by atoms with Crippen LogP contribution in [0.3, 0.4) is 0 Å². The van der Waals surface area contributed by atoms with Gasteiger partial charge < -0.3 is 10.0 Å². The van der Waals surface area contributed by atoms with Gasteiger partial charge in [0.1, 0.15) is 0 Å². The lowest BCUT2D eigenvalue weighted by atomic mass is 10.1. The maximum absolute atomic E-state index is 12.4. The number of aliphatic hydroxyl groups excluding tert-OH is 1. The Hall–Kier alpha value is -0.610. The standard InChI is InChI=1S/C14H26N2O2/c1-12(14(18)15-8-5-6-9-15)16-10-4-2-3-7-13(16)11-17/h12-13,17H,2-11H2,1H3. The number of hydrogen-bond acceptors (Lipinski definition) is 3. The molecule has 0 aliphatic carbocycles. The Morgan fingerprint density at radius 1 is 1.17 bits per heavy atom. The molecular weight excluding hydrogens is 228 g/mol. The van der Waals surface area contributed by atoms with Gasteiger partial charge in [-0.25, -0.2) is 0 Å². The Balaban J connectivity index is 1.99. The molecule has 0 aromatic carbocycles. The molecule has 2 fully saturated rings. The van der Waals surface area contributed by atoms with E-state index in [0.29, 0.717) is 0 Å². The zero-order valence-electron chi connectivity index (χ0n) is 11.5. The molecule has 1 amide bonds. The molecule has 2 saturated heterocycles. The predicted octanol–water partition coefficient (Wildman–Crippen LogP) is 1.23. The first-order valence-electron chi connectivity index (χ1n) is 7.39. The van der Waals surface area contributed by atoms with E-state index >= 15 is 0 Å². The van der Waals surface area contributed by atoms with Crippen LogP contribution in [0.15, 0.2) is 0 Å². The van der Waals surface area contributed by atoms with Crippen molar-refractivity contribution in [3.8, 4) is 0 Å². The zero-order valence-corrected chi connectivity index (χ0v) is 11.5. The van der Waals surface area contributed by atoms with Crippen LogP contribution in [0.4, 0.5) is 0 Å². The highest BCUT2D eigenvalue weighted by Crippen LogP contribution is 2.21. The van der Waals surface area contributed by atoms with Crippen molar-refractivity contribution in [1.29, 1.82) is 0 Å². The van der Waals surface area contributed by atoms with E-state index in [1.165, 1.54) is 12.8 Å². The van der Waals surface area contributed by atoms with Crippen LogP contribution in [0.5, 0.6) is 0 Å². The summed E-state index contributed by atoms with van der Waals surface area (Å²) in [6.45, 7) is 4.97. The molecule has 0 aromatic rings. The average molecular weight is 254 g/mol. The van der Waals surface area contributed by atoms with Gasteiger partial charge in [0.05, 0.1) is 12.6 Å². The maximum atomic E-state index is 12.4. The van der Waals surface area contributed by atoms with E-state index in [1.54, 1.807) is 0 Å². The van der Waals surface area contributed by atoms with Gasteiger partial charge in [0.25, 0.3) is 0 Å². The van der Waals surface area contributed by atoms with E-state index in [0.717, 1.165) is 45.3 Å². The van der Waals surface area contributed by atoms with Crippen LogP contribution in [-0.2, 0) is 4.79 Å². The molecular formula is C14H26N2O2. The number of nitrogens with zero attached hydrogens (tertiary/aromatic N) is 2. The highest BCUT2D eigenvalue weighted by atomic mass is 16.3. The van der Waals surface area contributed by atoms with Crippen LogP contribution in [-0.4, -0.2) is 59.1 Å². The van der Waals surface area contributed by atoms with Gasteiger partial charge in [-0.1, -0.05) is 12.8 Å². The number of rotatable bonds is 3. The van der Waals surface area contributed by atoms with Gasteiger partial charge in [0.2, 0.25) is 5.91 Å². The Kier molecular flexibility index (Phi) is 5.01. The van der Waals surface area contributed by atoms with Crippen molar-refractivity contribution in [2.45, 2.75) is 57.5 Å². The molecule has 0 saturated carbocycles. The van der Waals surface area contributed by atoms with E-state index in [9.17, 15) is 9.90 Å². The zero-order chi connectivity index (χ0) is 13.0. The minimum Gasteiger partial charge on any atom is -0.395 e. The molecule has 2 rings (SSSR count). The van der Waals surface area contributed by atoms with E-state index in [4.69, 9.17) is 0 Å². The van der Waals surface area contributed by atoms with Crippen molar-refractivity contribution in [2.24, 2.45) is 0 Å². The topological polar surface area (TPSA) is 43.8 Å². The molecule has 2 atom stereocenters. The molecule has 4 heteroatoms. The van der Waals surface area contributed by atoms with Gasteiger partial charge in [0.15, 0.2) is 0 Å². The van der Waals surface area contributed by atoms with Crippen molar-refractivity contribution in [2.75, 3.05) is 26.2 Å². The number of likely N-dealkylation sites (tertiary alicyclic amines) is 2. The number of carbonyl (C=O) groups is 1. The third kappa shape index (κ3) is 3.04. The summed E-state index contributed by atoms with van der Waals surface area (Å²) in [5.74, 6) is 0.257. The second kappa shape index (κ2) is 6.53. The van der Waals surface area contributed by atoms with Crippen LogP contribution in [0.1, 0.15) is 45.4 Å². The highest BCUT2D eigenvalue weighted by molar-refractivity contribution is 5.81. The van der Waals surface area contributed by atoms with Gasteiger partial charge in [-0.2, -0.15) is 0 Å². The quantitative estimate of drug-likeness (QED) is 0.824. The average Bonchev–Trinajstić information content (AvgIpc) is 2.82. The normalized spacial score (nSPS) is 28.1. The first-order valence-corrected chi connectivity index (χ1v) is 7.39. The van der Waals surface area contributed by atoms with Crippen molar-refractivity contribution in [1.82, 2.24) is 9.80 Å². The third-order valence-electron chi connectivity index (χ3n) is 4.41. The van der Waals surface area contributed by atoms with Crippen LogP contribution in [0.25, 0.3) is 0 Å². The summed E-state index contributed by atoms with van der Waals surface area (Å²) in [4.78, 5) is 16.6. The summed E-state index contributed by atoms with van der Waals surface area (Å²) in [6.07, 6.45) is 6.84. The minimum absolute atomic E-state index is 0.0710. The molecule has 0 bridgehead atoms. The summed E-state index contributed by atoms with van der Waals surface area (Å²) in [7, 11) is 0. The smallest absolute Gasteiger partial charge is 0.239 e. The van der Waals surface area contributed by atoms with Crippen LogP contribution in [0.2, 0.25) is 0 Å². The lowest BCUT2D eigenvalue weighted by Crippen LogP contribution is -2.51. The number of hydrogen-bond donors (Lipinski definition) is 1. The fourth-order valence-electron chi connectivity index (χ4n) is 3.25. The largest absolute Gasteiger partial charge is 0.395 e. The summed E-state index contributed by atoms with van der Waals surface area (Å²) in [5.41, 5.74) is 0. The van der Waals surface area contributed by atoms with Crippen molar-refractivity contribution >= 4 is 5.91 Å². The lowest BCUT2D eigenvalue weighted by Gasteiger charge is -2.35. The summed E-state index contributed by atoms with van der Waals surface area (Å²) >= 11 is 0. The second-order valence-corrected chi connectivity index (χ2v) is 5.63. The molecule has 0 radical (unpaired) electrons. The monoisotopic (exact) mass is 254 g/mol. The lowest BCUT2D eigenvalue weighted by molar-refractivity contribution is -0.136. The Bertz CT molecular complexity index is 277. The first kappa shape index (κ1) is 13.8. The Morgan fingerprint density at radius 3 is 2.50 bits per heavy atom. The molecule has 104 valence electrons. The van der Waals surface area contributed by atoms with Gasteiger partial charge in [-0.3, -0.25) is 9.69 Å². The summed E-state index contributed by atoms with van der Waals surface area (Å²) in [5, 5.41) is 9.52. The van der Waals surface area contributed by atoms with E-state index < -0.39 is 0 Å². The van der Waals surface area contributed by atoms with Crippen LogP contribution >= 0.6 is 0 Å². The number of amides is 1. The predicted molar refractivity (Wildman–Crippen MR) is 71.3 cm³/mol. The van der Waals surface area contributed by atoms with Gasteiger partial charge in [0, 0.05) is 19.1 Å². The maximum Gasteiger partial charge on any atom is 0.239 e. The van der Waals surface area contributed by atoms with Crippen molar-refractivity contribution in [3.63, 3.8) is 0 Å². The Labute approximate surface area is 110 Å². The third-order valence-corrected chi connectivity index (χ3v) is 4.41. The molecule has 18 heavy (non-hydrogen) atoms. The summed E-state index contributed by atoms with van der Waals surface area (Å²) in [6, 6.07) is 0.104. The molecule has 2 heterocycles. The molecule has 2 unspecified atom stereocenters. The van der Waals surface area contributed by atoms with Crippen molar-refractivity contribution in [3.05, 3.63) is 0 Å². The fraction of sp³-hybridized carbons (Fsp3) is 0.929.